The zero-order valence-electron chi connectivity index (χ0n) is 11.5. The molecule has 0 aliphatic rings. The van der Waals surface area contributed by atoms with Gasteiger partial charge in [0, 0.05) is 17.4 Å². The lowest BCUT2D eigenvalue weighted by Gasteiger charge is -2.09. The first kappa shape index (κ1) is 17.2. The van der Waals surface area contributed by atoms with Crippen molar-refractivity contribution in [3.63, 3.8) is 0 Å². The van der Waals surface area contributed by atoms with E-state index in [9.17, 15) is 0 Å². The molecule has 0 amide bonds. The Hall–Kier alpha value is -1.15. The van der Waals surface area contributed by atoms with Crippen molar-refractivity contribution in [2.24, 2.45) is 0 Å². The van der Waals surface area contributed by atoms with Crippen molar-refractivity contribution in [3.8, 4) is 11.3 Å². The van der Waals surface area contributed by atoms with Gasteiger partial charge in [-0.2, -0.15) is 4.98 Å². The number of nitrogens with zero attached hydrogens (tertiary/aromatic N) is 3. The average Bonchev–Trinajstić information content (AvgIpc) is 2.50. The Kier molecular flexibility index (Phi) is 6.63. The molecule has 0 saturated carbocycles. The highest BCUT2D eigenvalue weighted by atomic mass is 79.9. The molecule has 2 aromatic rings. The number of alkyl halides is 1. The number of benzene rings is 1. The summed E-state index contributed by atoms with van der Waals surface area (Å²) >= 11 is 15.4. The van der Waals surface area contributed by atoms with Crippen molar-refractivity contribution in [2.45, 2.75) is 0 Å². The molecule has 22 heavy (non-hydrogen) atoms. The Balaban J connectivity index is 2.08. The van der Waals surface area contributed by atoms with Crippen LogP contribution in [0.4, 0.5) is 11.8 Å². The van der Waals surface area contributed by atoms with Gasteiger partial charge in [0.05, 0.1) is 23.3 Å². The van der Waals surface area contributed by atoms with Crippen LogP contribution >= 0.6 is 39.1 Å². The predicted molar refractivity (Wildman–Crippen MR) is 92.8 cm³/mol. The summed E-state index contributed by atoms with van der Waals surface area (Å²) in [6, 6.07) is 5.21. The van der Waals surface area contributed by atoms with Gasteiger partial charge in [-0.15, -0.1) is 10.2 Å². The van der Waals surface area contributed by atoms with E-state index in [2.05, 4.69) is 36.4 Å². The number of rotatable bonds is 7. The van der Waals surface area contributed by atoms with Crippen molar-refractivity contribution in [3.05, 3.63) is 28.2 Å². The molecule has 118 valence electrons. The SMILES string of the molecule is Nc1nc(NCCOCCBr)nnc1-c1cccc(Cl)c1Cl. The minimum Gasteiger partial charge on any atom is -0.382 e. The summed E-state index contributed by atoms with van der Waals surface area (Å²) in [5, 5.41) is 12.6. The molecule has 0 bridgehead atoms. The van der Waals surface area contributed by atoms with Crippen LogP contribution in [-0.2, 0) is 4.74 Å². The van der Waals surface area contributed by atoms with Crippen molar-refractivity contribution >= 4 is 50.9 Å². The lowest BCUT2D eigenvalue weighted by Crippen LogP contribution is -2.14. The van der Waals surface area contributed by atoms with E-state index in [1.165, 1.54) is 0 Å². The molecule has 0 fully saturated rings. The van der Waals surface area contributed by atoms with Crippen LogP contribution in [0.2, 0.25) is 10.0 Å². The first-order valence-electron chi connectivity index (χ1n) is 6.45. The van der Waals surface area contributed by atoms with Gasteiger partial charge in [0.1, 0.15) is 5.69 Å². The van der Waals surface area contributed by atoms with Gasteiger partial charge >= 0.3 is 0 Å². The quantitative estimate of drug-likeness (QED) is 0.542. The molecule has 0 unspecified atom stereocenters. The number of nitrogens with one attached hydrogen (secondary N) is 1. The standard InChI is InChI=1S/C13H14BrCl2N5O/c14-4-6-22-7-5-18-13-19-12(17)11(20-21-13)8-2-1-3-9(15)10(8)16/h1-3H,4-7H2,(H3,17,18,19,21). The number of anilines is 2. The Morgan fingerprint density at radius 2 is 2.05 bits per heavy atom. The van der Waals surface area contributed by atoms with Gasteiger partial charge in [0.15, 0.2) is 5.82 Å². The number of aromatic nitrogens is 3. The Bertz CT molecular complexity index is 644. The molecule has 3 N–H and O–H groups in total. The zero-order valence-corrected chi connectivity index (χ0v) is 14.6. The fourth-order valence-electron chi connectivity index (χ4n) is 1.68. The van der Waals surface area contributed by atoms with Crippen molar-refractivity contribution in [1.82, 2.24) is 15.2 Å². The van der Waals surface area contributed by atoms with Crippen LogP contribution < -0.4 is 11.1 Å². The highest BCUT2D eigenvalue weighted by Crippen LogP contribution is 2.34. The summed E-state index contributed by atoms with van der Waals surface area (Å²) in [6.07, 6.45) is 0. The molecule has 0 spiro atoms. The highest BCUT2D eigenvalue weighted by Gasteiger charge is 2.13. The van der Waals surface area contributed by atoms with Crippen LogP contribution in [0, 0.1) is 0 Å². The third-order valence-corrected chi connectivity index (χ3v) is 3.81. The summed E-state index contributed by atoms with van der Waals surface area (Å²) in [5.74, 6) is 0.560. The Labute approximate surface area is 146 Å². The van der Waals surface area contributed by atoms with E-state index in [1.807, 2.05) is 0 Å². The molecule has 1 aromatic carbocycles. The van der Waals surface area contributed by atoms with Gasteiger partial charge in [0.2, 0.25) is 5.95 Å². The molecule has 6 nitrogen and oxygen atoms in total. The Morgan fingerprint density at radius 1 is 1.23 bits per heavy atom. The molecule has 0 aliphatic heterocycles. The fourth-order valence-corrected chi connectivity index (χ4v) is 2.30. The van der Waals surface area contributed by atoms with Crippen LogP contribution in [0.1, 0.15) is 0 Å². The molecule has 0 saturated heterocycles. The van der Waals surface area contributed by atoms with Crippen LogP contribution in [0.25, 0.3) is 11.3 Å². The molecule has 0 aliphatic carbocycles. The van der Waals surface area contributed by atoms with Gasteiger partial charge in [-0.25, -0.2) is 0 Å². The zero-order chi connectivity index (χ0) is 15.9. The summed E-state index contributed by atoms with van der Waals surface area (Å²) in [7, 11) is 0. The maximum absolute atomic E-state index is 6.15. The highest BCUT2D eigenvalue weighted by molar-refractivity contribution is 9.09. The van der Waals surface area contributed by atoms with Crippen molar-refractivity contribution < 1.29 is 4.74 Å². The minimum absolute atomic E-state index is 0.225. The average molecular weight is 407 g/mol. The largest absolute Gasteiger partial charge is 0.382 e. The summed E-state index contributed by atoms with van der Waals surface area (Å²) in [6.45, 7) is 1.75. The normalized spacial score (nSPS) is 10.7. The molecular formula is C13H14BrCl2N5O. The second-order valence-electron chi connectivity index (χ2n) is 4.20. The van der Waals surface area contributed by atoms with Crippen molar-refractivity contribution in [1.29, 1.82) is 0 Å². The van der Waals surface area contributed by atoms with E-state index >= 15 is 0 Å². The van der Waals surface area contributed by atoms with Gasteiger partial charge in [-0.3, -0.25) is 0 Å². The molecular weight excluding hydrogens is 393 g/mol. The first-order chi connectivity index (χ1) is 10.6. The summed E-state index contributed by atoms with van der Waals surface area (Å²) in [4.78, 5) is 4.16. The number of hydrogen-bond donors (Lipinski definition) is 2. The topological polar surface area (TPSA) is 86.0 Å². The first-order valence-corrected chi connectivity index (χ1v) is 8.33. The lowest BCUT2D eigenvalue weighted by atomic mass is 10.1. The van der Waals surface area contributed by atoms with Gasteiger partial charge < -0.3 is 15.8 Å². The molecule has 1 aromatic heterocycles. The number of nitrogens with two attached hydrogens (primary N) is 1. The predicted octanol–water partition coefficient (Wildman–Crippen LogP) is 3.25. The maximum atomic E-state index is 6.15. The van der Waals surface area contributed by atoms with E-state index in [0.717, 1.165) is 5.33 Å². The number of hydrogen-bond acceptors (Lipinski definition) is 6. The van der Waals surface area contributed by atoms with Crippen LogP contribution in [0.5, 0.6) is 0 Å². The third-order valence-electron chi connectivity index (χ3n) is 2.67. The number of halogens is 3. The fraction of sp³-hybridized carbons (Fsp3) is 0.308. The van der Waals surface area contributed by atoms with E-state index in [0.29, 0.717) is 47.0 Å². The van der Waals surface area contributed by atoms with E-state index < -0.39 is 0 Å². The molecule has 2 rings (SSSR count). The van der Waals surface area contributed by atoms with Crippen LogP contribution in [0.3, 0.4) is 0 Å². The Morgan fingerprint density at radius 3 is 2.77 bits per heavy atom. The monoisotopic (exact) mass is 405 g/mol. The molecule has 0 atom stereocenters. The van der Waals surface area contributed by atoms with E-state index in [1.54, 1.807) is 18.2 Å². The second kappa shape index (κ2) is 8.47. The number of ether oxygens (including phenoxy) is 1. The smallest absolute Gasteiger partial charge is 0.244 e. The summed E-state index contributed by atoms with van der Waals surface area (Å²) < 4.78 is 5.31. The van der Waals surface area contributed by atoms with Crippen LogP contribution in [-0.4, -0.2) is 40.3 Å². The van der Waals surface area contributed by atoms with E-state index in [-0.39, 0.29) is 5.82 Å². The second-order valence-corrected chi connectivity index (χ2v) is 5.78. The van der Waals surface area contributed by atoms with Gasteiger partial charge in [-0.05, 0) is 6.07 Å². The molecule has 1 heterocycles. The third kappa shape index (κ3) is 4.42. The molecule has 0 radical (unpaired) electrons. The van der Waals surface area contributed by atoms with Crippen LogP contribution in [0.15, 0.2) is 18.2 Å². The van der Waals surface area contributed by atoms with E-state index in [4.69, 9.17) is 33.7 Å². The van der Waals surface area contributed by atoms with Gasteiger partial charge in [0.25, 0.3) is 0 Å². The van der Waals surface area contributed by atoms with Crippen molar-refractivity contribution in [2.75, 3.05) is 36.1 Å². The van der Waals surface area contributed by atoms with Gasteiger partial charge in [-0.1, -0.05) is 51.3 Å². The minimum atomic E-state index is 0.225. The summed E-state index contributed by atoms with van der Waals surface area (Å²) in [5.41, 5.74) is 6.92. The maximum Gasteiger partial charge on any atom is 0.244 e. The molecule has 9 heteroatoms. The lowest BCUT2D eigenvalue weighted by molar-refractivity contribution is 0.161. The number of nitrogen functional groups attached to an aromatic ring is 1.